The van der Waals surface area contributed by atoms with Gasteiger partial charge in [0.25, 0.3) is 0 Å². The lowest BCUT2D eigenvalue weighted by Gasteiger charge is -2.14. The monoisotopic (exact) mass is 338 g/mol. The number of ether oxygens (including phenoxy) is 1. The van der Waals surface area contributed by atoms with Crippen molar-refractivity contribution in [2.45, 2.75) is 25.5 Å². The van der Waals surface area contributed by atoms with Crippen LogP contribution in [0.5, 0.6) is 0 Å². The number of carbonyl (C=O) groups is 4. The standard InChI is InChI=1S/C15H18N2O7/c18-12(19)7-6-11(14(21)22)17-15(23)16-8-13(20)24-9-10-4-2-1-3-5-10/h1-5,11H,6-9H2,(H,18,19)(H,21,22)(H2,16,17,23)/t11-/m0/s1. The first-order chi connectivity index (χ1) is 11.4. The second-order valence-corrected chi connectivity index (χ2v) is 4.80. The van der Waals surface area contributed by atoms with Crippen LogP contribution in [0.4, 0.5) is 4.79 Å². The van der Waals surface area contributed by atoms with Crippen LogP contribution in [-0.2, 0) is 25.7 Å². The summed E-state index contributed by atoms with van der Waals surface area (Å²) in [5.41, 5.74) is 0.787. The molecule has 0 saturated carbocycles. The maximum absolute atomic E-state index is 11.5. The van der Waals surface area contributed by atoms with Crippen LogP contribution in [0.3, 0.4) is 0 Å². The molecule has 1 aromatic rings. The summed E-state index contributed by atoms with van der Waals surface area (Å²) in [6.07, 6.45) is -0.674. The maximum Gasteiger partial charge on any atom is 0.326 e. The van der Waals surface area contributed by atoms with E-state index in [2.05, 4.69) is 10.6 Å². The van der Waals surface area contributed by atoms with Crippen LogP contribution in [0.2, 0.25) is 0 Å². The molecule has 0 fully saturated rings. The Balaban J connectivity index is 2.31. The molecule has 0 bridgehead atoms. The van der Waals surface area contributed by atoms with Gasteiger partial charge in [0.1, 0.15) is 19.2 Å². The van der Waals surface area contributed by atoms with Crippen molar-refractivity contribution in [3.05, 3.63) is 35.9 Å². The zero-order valence-corrected chi connectivity index (χ0v) is 12.7. The molecule has 0 heterocycles. The fourth-order valence-electron chi connectivity index (χ4n) is 1.68. The summed E-state index contributed by atoms with van der Waals surface area (Å²) in [6, 6.07) is 6.68. The van der Waals surface area contributed by atoms with Gasteiger partial charge < -0.3 is 25.6 Å². The molecule has 0 saturated heterocycles. The SMILES string of the molecule is O=C(O)CC[C@H](NC(=O)NCC(=O)OCc1ccccc1)C(=O)O. The van der Waals surface area contributed by atoms with E-state index in [1.54, 1.807) is 24.3 Å². The van der Waals surface area contributed by atoms with Crippen LogP contribution in [-0.4, -0.2) is 46.7 Å². The van der Waals surface area contributed by atoms with Gasteiger partial charge in [-0.05, 0) is 12.0 Å². The van der Waals surface area contributed by atoms with Crippen molar-refractivity contribution < 1.29 is 34.1 Å². The van der Waals surface area contributed by atoms with E-state index in [9.17, 15) is 19.2 Å². The number of hydrogen-bond acceptors (Lipinski definition) is 5. The van der Waals surface area contributed by atoms with E-state index in [0.717, 1.165) is 5.56 Å². The van der Waals surface area contributed by atoms with E-state index in [0.29, 0.717) is 0 Å². The number of carboxylic acids is 2. The van der Waals surface area contributed by atoms with E-state index in [1.165, 1.54) is 0 Å². The molecule has 0 spiro atoms. The van der Waals surface area contributed by atoms with Crippen molar-refractivity contribution in [1.29, 1.82) is 0 Å². The summed E-state index contributed by atoms with van der Waals surface area (Å²) in [6.45, 7) is -0.386. The molecule has 2 amide bonds. The highest BCUT2D eigenvalue weighted by molar-refractivity contribution is 5.85. The number of benzene rings is 1. The molecule has 0 unspecified atom stereocenters. The predicted octanol–water partition coefficient (Wildman–Crippen LogP) is 0.347. The van der Waals surface area contributed by atoms with E-state index in [1.807, 2.05) is 6.07 Å². The molecule has 1 rings (SSSR count). The lowest BCUT2D eigenvalue weighted by atomic mass is 10.1. The third-order valence-electron chi connectivity index (χ3n) is 2.89. The Kier molecular flexibility index (Phi) is 7.76. The molecule has 0 aromatic heterocycles. The smallest absolute Gasteiger partial charge is 0.326 e. The lowest BCUT2D eigenvalue weighted by Crippen LogP contribution is -2.47. The van der Waals surface area contributed by atoms with Crippen LogP contribution in [0.25, 0.3) is 0 Å². The fraction of sp³-hybridized carbons (Fsp3) is 0.333. The molecule has 0 aliphatic carbocycles. The number of carbonyl (C=O) groups excluding carboxylic acids is 2. The summed E-state index contributed by atoms with van der Waals surface area (Å²) < 4.78 is 4.93. The van der Waals surface area contributed by atoms with Gasteiger partial charge in [0.15, 0.2) is 0 Å². The first kappa shape index (κ1) is 18.9. The van der Waals surface area contributed by atoms with Gasteiger partial charge in [0.05, 0.1) is 0 Å². The number of aliphatic carboxylic acids is 2. The van der Waals surface area contributed by atoms with Crippen molar-refractivity contribution in [2.75, 3.05) is 6.54 Å². The third-order valence-corrected chi connectivity index (χ3v) is 2.89. The third kappa shape index (κ3) is 7.78. The number of rotatable bonds is 9. The first-order valence-corrected chi connectivity index (χ1v) is 7.07. The van der Waals surface area contributed by atoms with Gasteiger partial charge in [-0.15, -0.1) is 0 Å². The Morgan fingerprint density at radius 3 is 2.33 bits per heavy atom. The molecule has 4 N–H and O–H groups in total. The average Bonchev–Trinajstić information content (AvgIpc) is 2.55. The predicted molar refractivity (Wildman–Crippen MR) is 81.1 cm³/mol. The zero-order valence-electron chi connectivity index (χ0n) is 12.7. The summed E-state index contributed by atoms with van der Waals surface area (Å²) in [5.74, 6) is -3.22. The minimum Gasteiger partial charge on any atom is -0.481 e. The quantitative estimate of drug-likeness (QED) is 0.476. The molecule has 1 atom stereocenters. The molecule has 24 heavy (non-hydrogen) atoms. The molecular formula is C15H18N2O7. The fourth-order valence-corrected chi connectivity index (χ4v) is 1.68. The summed E-state index contributed by atoms with van der Waals surface area (Å²) in [5, 5.41) is 21.7. The number of hydrogen-bond donors (Lipinski definition) is 4. The van der Waals surface area contributed by atoms with Crippen molar-refractivity contribution in [3.63, 3.8) is 0 Å². The summed E-state index contributed by atoms with van der Waals surface area (Å²) in [7, 11) is 0. The van der Waals surface area contributed by atoms with Crippen LogP contribution in [0, 0.1) is 0 Å². The first-order valence-electron chi connectivity index (χ1n) is 7.07. The minimum absolute atomic E-state index is 0.0549. The molecule has 9 nitrogen and oxygen atoms in total. The van der Waals surface area contributed by atoms with Gasteiger partial charge in [-0.1, -0.05) is 30.3 Å². The van der Waals surface area contributed by atoms with E-state index >= 15 is 0 Å². The van der Waals surface area contributed by atoms with Crippen LogP contribution in [0.1, 0.15) is 18.4 Å². The highest BCUT2D eigenvalue weighted by atomic mass is 16.5. The second kappa shape index (κ2) is 9.82. The van der Waals surface area contributed by atoms with Crippen molar-refractivity contribution in [3.8, 4) is 0 Å². The number of nitrogens with one attached hydrogen (secondary N) is 2. The van der Waals surface area contributed by atoms with Gasteiger partial charge >= 0.3 is 23.9 Å². The Morgan fingerprint density at radius 1 is 1.08 bits per heavy atom. The summed E-state index contributed by atoms with van der Waals surface area (Å²) >= 11 is 0. The highest BCUT2D eigenvalue weighted by Crippen LogP contribution is 2.00. The van der Waals surface area contributed by atoms with E-state index in [4.69, 9.17) is 14.9 Å². The molecule has 9 heteroatoms. The second-order valence-electron chi connectivity index (χ2n) is 4.80. The number of esters is 1. The van der Waals surface area contributed by atoms with Gasteiger partial charge in [-0.3, -0.25) is 9.59 Å². The highest BCUT2D eigenvalue weighted by Gasteiger charge is 2.21. The maximum atomic E-state index is 11.5. The van der Waals surface area contributed by atoms with Gasteiger partial charge in [-0.2, -0.15) is 0 Å². The van der Waals surface area contributed by atoms with Crippen LogP contribution < -0.4 is 10.6 Å². The Hall–Kier alpha value is -3.10. The zero-order chi connectivity index (χ0) is 17.9. The van der Waals surface area contributed by atoms with Crippen molar-refractivity contribution in [1.82, 2.24) is 10.6 Å². The number of urea groups is 1. The van der Waals surface area contributed by atoms with Gasteiger partial charge in [-0.25, -0.2) is 9.59 Å². The lowest BCUT2D eigenvalue weighted by molar-refractivity contribution is -0.143. The van der Waals surface area contributed by atoms with Crippen LogP contribution in [0.15, 0.2) is 30.3 Å². The van der Waals surface area contributed by atoms with Crippen molar-refractivity contribution >= 4 is 23.9 Å². The molecule has 0 aliphatic rings. The van der Waals surface area contributed by atoms with E-state index < -0.39 is 42.9 Å². The Morgan fingerprint density at radius 2 is 1.75 bits per heavy atom. The van der Waals surface area contributed by atoms with Crippen molar-refractivity contribution in [2.24, 2.45) is 0 Å². The molecular weight excluding hydrogens is 320 g/mol. The van der Waals surface area contributed by atoms with Crippen LogP contribution >= 0.6 is 0 Å². The Bertz CT molecular complexity index is 589. The van der Waals surface area contributed by atoms with E-state index in [-0.39, 0.29) is 13.0 Å². The molecule has 130 valence electrons. The van der Waals surface area contributed by atoms with Gasteiger partial charge in [0, 0.05) is 6.42 Å². The molecule has 0 aliphatic heterocycles. The molecule has 0 radical (unpaired) electrons. The molecule has 1 aromatic carbocycles. The average molecular weight is 338 g/mol. The normalized spacial score (nSPS) is 11.2. The number of amides is 2. The topological polar surface area (TPSA) is 142 Å². The van der Waals surface area contributed by atoms with Gasteiger partial charge in [0.2, 0.25) is 0 Å². The minimum atomic E-state index is -1.36. The largest absolute Gasteiger partial charge is 0.481 e. The Labute approximate surface area is 137 Å². The summed E-state index contributed by atoms with van der Waals surface area (Å²) in [4.78, 5) is 44.4. The number of carboxylic acid groups (broad SMARTS) is 2.